The van der Waals surface area contributed by atoms with E-state index in [4.69, 9.17) is 13.9 Å². The highest BCUT2D eigenvalue weighted by Crippen LogP contribution is 2.37. The quantitative estimate of drug-likeness (QED) is 0.761. The normalized spacial score (nSPS) is 20.9. The van der Waals surface area contributed by atoms with Crippen LogP contribution in [0.25, 0.3) is 0 Å². The second-order valence-corrected chi connectivity index (χ2v) is 7.84. The summed E-state index contributed by atoms with van der Waals surface area (Å²) in [7, 11) is 0. The standard InChI is InChI=1S/C22H26N2O5/c1-14-20(23-13-28-14)18(16-5-3-2-4-6-16)12-27-17-9-7-15(8-10-17)11-19-21(25)24-22(26)29-19/h7-10,13,16,18-19H,2-6,11-12H2,1H3,(H,24,25,26). The van der Waals surface area contributed by atoms with E-state index in [1.165, 1.54) is 38.5 Å². The molecule has 1 aliphatic carbocycles. The number of alkyl carbamates (subject to hydrolysis) is 1. The molecule has 1 aromatic heterocycles. The number of hydrogen-bond donors (Lipinski definition) is 1. The van der Waals surface area contributed by atoms with E-state index in [-0.39, 0.29) is 5.92 Å². The fraction of sp³-hybridized carbons (Fsp3) is 0.500. The van der Waals surface area contributed by atoms with Crippen molar-refractivity contribution in [2.45, 2.75) is 57.5 Å². The molecule has 2 aliphatic rings. The van der Waals surface area contributed by atoms with Crippen LogP contribution in [-0.2, 0) is 16.0 Å². The summed E-state index contributed by atoms with van der Waals surface area (Å²) in [4.78, 5) is 27.2. The average Bonchev–Trinajstić information content (AvgIpc) is 3.29. The summed E-state index contributed by atoms with van der Waals surface area (Å²) < 4.78 is 16.5. The summed E-state index contributed by atoms with van der Waals surface area (Å²) in [6.07, 6.45) is 6.62. The molecule has 7 heteroatoms. The van der Waals surface area contributed by atoms with Gasteiger partial charge in [-0.1, -0.05) is 31.4 Å². The molecular formula is C22H26N2O5. The topological polar surface area (TPSA) is 90.7 Å². The molecule has 2 heterocycles. The Labute approximate surface area is 169 Å². The number of aryl methyl sites for hydroxylation is 1. The lowest BCUT2D eigenvalue weighted by Crippen LogP contribution is -2.25. The summed E-state index contributed by atoms with van der Waals surface area (Å²) in [5, 5.41) is 2.14. The summed E-state index contributed by atoms with van der Waals surface area (Å²) in [6, 6.07) is 7.56. The summed E-state index contributed by atoms with van der Waals surface area (Å²) >= 11 is 0. The van der Waals surface area contributed by atoms with Gasteiger partial charge in [-0.3, -0.25) is 10.1 Å². The third-order valence-electron chi connectivity index (χ3n) is 5.89. The van der Waals surface area contributed by atoms with Gasteiger partial charge in [0.05, 0.1) is 12.3 Å². The van der Waals surface area contributed by atoms with E-state index in [0.717, 1.165) is 22.8 Å². The van der Waals surface area contributed by atoms with Gasteiger partial charge >= 0.3 is 6.09 Å². The first-order valence-corrected chi connectivity index (χ1v) is 10.2. The van der Waals surface area contributed by atoms with Crippen molar-refractivity contribution in [3.63, 3.8) is 0 Å². The Morgan fingerprint density at radius 2 is 1.93 bits per heavy atom. The maximum atomic E-state index is 11.6. The van der Waals surface area contributed by atoms with E-state index in [2.05, 4.69) is 10.3 Å². The van der Waals surface area contributed by atoms with E-state index in [1.807, 2.05) is 31.2 Å². The molecule has 1 saturated heterocycles. The Hall–Kier alpha value is -2.83. The second-order valence-electron chi connectivity index (χ2n) is 7.84. The van der Waals surface area contributed by atoms with Gasteiger partial charge in [-0.25, -0.2) is 9.78 Å². The number of amides is 2. The van der Waals surface area contributed by atoms with Crippen LogP contribution < -0.4 is 10.1 Å². The maximum Gasteiger partial charge on any atom is 0.414 e. The number of hydrogen-bond acceptors (Lipinski definition) is 6. The van der Waals surface area contributed by atoms with Crippen LogP contribution >= 0.6 is 0 Å². The predicted octanol–water partition coefficient (Wildman–Crippen LogP) is 3.90. The number of cyclic esters (lactones) is 1. The summed E-state index contributed by atoms with van der Waals surface area (Å²) in [6.45, 7) is 2.51. The van der Waals surface area contributed by atoms with Gasteiger partial charge in [0.1, 0.15) is 11.5 Å². The molecule has 1 aromatic carbocycles. The monoisotopic (exact) mass is 398 g/mol. The van der Waals surface area contributed by atoms with Gasteiger partial charge in [0.2, 0.25) is 0 Å². The van der Waals surface area contributed by atoms with Crippen LogP contribution in [-0.4, -0.2) is 29.7 Å². The lowest BCUT2D eigenvalue weighted by Gasteiger charge is -2.29. The molecular weight excluding hydrogens is 372 g/mol. The number of aromatic nitrogens is 1. The van der Waals surface area contributed by atoms with E-state index < -0.39 is 18.1 Å². The third-order valence-corrected chi connectivity index (χ3v) is 5.89. The average molecular weight is 398 g/mol. The molecule has 2 fully saturated rings. The smallest absolute Gasteiger partial charge is 0.414 e. The first kappa shape index (κ1) is 19.5. The minimum Gasteiger partial charge on any atom is -0.493 e. The van der Waals surface area contributed by atoms with Crippen LogP contribution in [0.1, 0.15) is 55.0 Å². The van der Waals surface area contributed by atoms with E-state index in [0.29, 0.717) is 18.9 Å². The SMILES string of the molecule is Cc1ocnc1C(COc1ccc(CC2OC(=O)NC2=O)cc1)C1CCCCC1. The van der Waals surface area contributed by atoms with E-state index >= 15 is 0 Å². The molecule has 2 aromatic rings. The maximum absolute atomic E-state index is 11.6. The highest BCUT2D eigenvalue weighted by atomic mass is 16.6. The lowest BCUT2D eigenvalue weighted by atomic mass is 9.78. The van der Waals surface area contributed by atoms with Gasteiger partial charge in [0.15, 0.2) is 12.5 Å². The van der Waals surface area contributed by atoms with Crippen molar-refractivity contribution in [2.75, 3.05) is 6.61 Å². The number of carbonyl (C=O) groups is 2. The number of imide groups is 1. The van der Waals surface area contributed by atoms with Crippen LogP contribution in [0, 0.1) is 12.8 Å². The first-order chi connectivity index (χ1) is 14.1. The third kappa shape index (κ3) is 4.60. The highest BCUT2D eigenvalue weighted by Gasteiger charge is 2.32. The predicted molar refractivity (Wildman–Crippen MR) is 105 cm³/mol. The van der Waals surface area contributed by atoms with Crippen molar-refractivity contribution in [2.24, 2.45) is 5.92 Å². The second kappa shape index (κ2) is 8.68. The fourth-order valence-electron chi connectivity index (χ4n) is 4.29. The zero-order chi connectivity index (χ0) is 20.2. The Morgan fingerprint density at radius 3 is 2.55 bits per heavy atom. The molecule has 7 nitrogen and oxygen atoms in total. The van der Waals surface area contributed by atoms with Gasteiger partial charge in [0, 0.05) is 12.3 Å². The molecule has 2 unspecified atom stereocenters. The Balaban J connectivity index is 1.39. The Bertz CT molecular complexity index is 854. The van der Waals surface area contributed by atoms with Crippen LogP contribution in [0.15, 0.2) is 35.1 Å². The first-order valence-electron chi connectivity index (χ1n) is 10.2. The Morgan fingerprint density at radius 1 is 1.17 bits per heavy atom. The molecule has 1 aliphatic heterocycles. The summed E-state index contributed by atoms with van der Waals surface area (Å²) in [5.74, 6) is 2.01. The largest absolute Gasteiger partial charge is 0.493 e. The Kier molecular flexibility index (Phi) is 5.83. The van der Waals surface area contributed by atoms with Crippen molar-refractivity contribution in [1.29, 1.82) is 0 Å². The van der Waals surface area contributed by atoms with Gasteiger partial charge in [-0.05, 0) is 43.4 Å². The molecule has 1 saturated carbocycles. The van der Waals surface area contributed by atoms with Crippen molar-refractivity contribution in [3.05, 3.63) is 47.7 Å². The number of nitrogens with zero attached hydrogens (tertiary/aromatic N) is 1. The number of benzene rings is 1. The molecule has 0 radical (unpaired) electrons. The van der Waals surface area contributed by atoms with Crippen LogP contribution in [0.4, 0.5) is 4.79 Å². The van der Waals surface area contributed by atoms with Gasteiger partial charge in [-0.15, -0.1) is 0 Å². The van der Waals surface area contributed by atoms with Crippen LogP contribution in [0.2, 0.25) is 0 Å². The number of carbonyl (C=O) groups excluding carboxylic acids is 2. The zero-order valence-electron chi connectivity index (χ0n) is 16.6. The molecule has 154 valence electrons. The van der Waals surface area contributed by atoms with E-state index in [1.54, 1.807) is 0 Å². The molecule has 29 heavy (non-hydrogen) atoms. The number of ether oxygens (including phenoxy) is 2. The van der Waals surface area contributed by atoms with Crippen LogP contribution in [0.5, 0.6) is 5.75 Å². The minimum atomic E-state index is -0.764. The van der Waals surface area contributed by atoms with Gasteiger partial charge in [0.25, 0.3) is 5.91 Å². The highest BCUT2D eigenvalue weighted by molar-refractivity contribution is 6.00. The molecule has 2 amide bonds. The van der Waals surface area contributed by atoms with Crippen molar-refractivity contribution >= 4 is 12.0 Å². The van der Waals surface area contributed by atoms with Crippen molar-refractivity contribution < 1.29 is 23.5 Å². The molecule has 0 spiro atoms. The molecule has 2 atom stereocenters. The molecule has 0 bridgehead atoms. The van der Waals surface area contributed by atoms with Crippen molar-refractivity contribution in [1.82, 2.24) is 10.3 Å². The fourth-order valence-corrected chi connectivity index (χ4v) is 4.29. The summed E-state index contributed by atoms with van der Waals surface area (Å²) in [5.41, 5.74) is 1.91. The number of rotatable bonds is 7. The van der Waals surface area contributed by atoms with Crippen molar-refractivity contribution in [3.8, 4) is 5.75 Å². The van der Waals surface area contributed by atoms with Crippen LogP contribution in [0.3, 0.4) is 0 Å². The zero-order valence-corrected chi connectivity index (χ0v) is 16.6. The van der Waals surface area contributed by atoms with E-state index in [9.17, 15) is 9.59 Å². The molecule has 4 rings (SSSR count). The molecule has 1 N–H and O–H groups in total. The lowest BCUT2D eigenvalue weighted by molar-refractivity contribution is -0.123. The van der Waals surface area contributed by atoms with Gasteiger partial charge < -0.3 is 13.9 Å². The number of oxazole rings is 1. The minimum absolute atomic E-state index is 0.218. The number of nitrogens with one attached hydrogen (secondary N) is 1. The van der Waals surface area contributed by atoms with Gasteiger partial charge in [-0.2, -0.15) is 0 Å².